The SMILES string of the molecule is CC(C)C(CC1=CCC=N1)C(C)C.CC(C)C(CCC(N)=O)C(C)C. The van der Waals surface area contributed by atoms with E-state index in [1.165, 1.54) is 5.70 Å². The first-order valence-electron chi connectivity index (χ1n) is 10.1. The molecule has 1 aliphatic heterocycles. The summed E-state index contributed by atoms with van der Waals surface area (Å²) < 4.78 is 0. The van der Waals surface area contributed by atoms with Gasteiger partial charge in [0.15, 0.2) is 0 Å². The van der Waals surface area contributed by atoms with Gasteiger partial charge in [0, 0.05) is 24.8 Å². The van der Waals surface area contributed by atoms with Gasteiger partial charge in [-0.25, -0.2) is 0 Å². The van der Waals surface area contributed by atoms with Crippen LogP contribution >= 0.6 is 0 Å². The van der Waals surface area contributed by atoms with Gasteiger partial charge in [0.25, 0.3) is 0 Å². The molecule has 0 aromatic rings. The first-order chi connectivity index (χ1) is 11.6. The molecule has 0 aliphatic carbocycles. The van der Waals surface area contributed by atoms with E-state index in [0.717, 1.165) is 37.0 Å². The Balaban J connectivity index is 0.000000463. The highest BCUT2D eigenvalue weighted by Crippen LogP contribution is 2.29. The smallest absolute Gasteiger partial charge is 0.217 e. The van der Waals surface area contributed by atoms with Gasteiger partial charge in [-0.15, -0.1) is 0 Å². The number of hydrogen-bond acceptors (Lipinski definition) is 2. The van der Waals surface area contributed by atoms with Crippen molar-refractivity contribution >= 4 is 12.1 Å². The van der Waals surface area contributed by atoms with Crippen molar-refractivity contribution in [1.82, 2.24) is 0 Å². The molecule has 25 heavy (non-hydrogen) atoms. The molecular formula is C22H42N2O. The van der Waals surface area contributed by atoms with Gasteiger partial charge in [-0.1, -0.05) is 61.5 Å². The normalized spacial score (nSPS) is 14.1. The number of carbonyl (C=O) groups excluding carboxylic acids is 1. The van der Waals surface area contributed by atoms with Crippen molar-refractivity contribution in [3.8, 4) is 0 Å². The molecule has 3 nitrogen and oxygen atoms in total. The van der Waals surface area contributed by atoms with Crippen LogP contribution < -0.4 is 5.73 Å². The predicted octanol–water partition coefficient (Wildman–Crippen LogP) is 5.84. The van der Waals surface area contributed by atoms with E-state index < -0.39 is 0 Å². The van der Waals surface area contributed by atoms with E-state index >= 15 is 0 Å². The van der Waals surface area contributed by atoms with E-state index in [4.69, 9.17) is 5.73 Å². The van der Waals surface area contributed by atoms with E-state index in [2.05, 4.69) is 66.5 Å². The second-order valence-corrected chi connectivity index (χ2v) is 8.76. The zero-order valence-corrected chi connectivity index (χ0v) is 17.9. The lowest BCUT2D eigenvalue weighted by Gasteiger charge is -2.24. The lowest BCUT2D eigenvalue weighted by Crippen LogP contribution is -2.19. The second-order valence-electron chi connectivity index (χ2n) is 8.76. The fourth-order valence-electron chi connectivity index (χ4n) is 3.78. The van der Waals surface area contributed by atoms with Gasteiger partial charge in [-0.05, 0) is 48.3 Å². The number of allylic oxidation sites excluding steroid dienone is 2. The summed E-state index contributed by atoms with van der Waals surface area (Å²) in [7, 11) is 0. The number of carbonyl (C=O) groups is 1. The highest BCUT2D eigenvalue weighted by atomic mass is 16.1. The summed E-state index contributed by atoms with van der Waals surface area (Å²) >= 11 is 0. The third-order valence-electron chi connectivity index (χ3n) is 5.31. The maximum Gasteiger partial charge on any atom is 0.217 e. The molecule has 0 atom stereocenters. The van der Waals surface area contributed by atoms with Crippen LogP contribution in [0, 0.1) is 35.5 Å². The Morgan fingerprint density at radius 2 is 1.44 bits per heavy atom. The van der Waals surface area contributed by atoms with Crippen molar-refractivity contribution < 1.29 is 4.79 Å². The molecule has 3 heteroatoms. The quantitative estimate of drug-likeness (QED) is 0.557. The van der Waals surface area contributed by atoms with Gasteiger partial charge in [0.05, 0.1) is 0 Å². The molecule has 1 heterocycles. The topological polar surface area (TPSA) is 55.4 Å². The van der Waals surface area contributed by atoms with Gasteiger partial charge in [0.2, 0.25) is 5.91 Å². The largest absolute Gasteiger partial charge is 0.370 e. The summed E-state index contributed by atoms with van der Waals surface area (Å²) in [5, 5.41) is 0. The molecule has 146 valence electrons. The number of rotatable bonds is 9. The van der Waals surface area contributed by atoms with Crippen LogP contribution in [0.1, 0.15) is 81.1 Å². The van der Waals surface area contributed by atoms with Gasteiger partial charge in [-0.3, -0.25) is 9.79 Å². The number of aliphatic imine (C=N–C) groups is 1. The Kier molecular flexibility index (Phi) is 11.7. The Hall–Kier alpha value is -1.12. The van der Waals surface area contributed by atoms with Crippen molar-refractivity contribution in [1.29, 1.82) is 0 Å². The Morgan fingerprint density at radius 3 is 1.76 bits per heavy atom. The summed E-state index contributed by atoms with van der Waals surface area (Å²) in [6.07, 6.45) is 7.92. The maximum absolute atomic E-state index is 10.6. The highest BCUT2D eigenvalue weighted by Gasteiger charge is 2.19. The van der Waals surface area contributed by atoms with Crippen molar-refractivity contribution in [3.05, 3.63) is 11.8 Å². The monoisotopic (exact) mass is 350 g/mol. The summed E-state index contributed by atoms with van der Waals surface area (Å²) in [5.74, 6) is 4.03. The van der Waals surface area contributed by atoms with Gasteiger partial charge in [-0.2, -0.15) is 0 Å². The first kappa shape index (κ1) is 23.9. The molecule has 1 amide bonds. The Morgan fingerprint density at radius 1 is 0.960 bits per heavy atom. The van der Waals surface area contributed by atoms with E-state index in [1.807, 2.05) is 6.21 Å². The lowest BCUT2D eigenvalue weighted by molar-refractivity contribution is -0.118. The van der Waals surface area contributed by atoms with E-state index in [1.54, 1.807) is 0 Å². The fourth-order valence-corrected chi connectivity index (χ4v) is 3.78. The van der Waals surface area contributed by atoms with Crippen LogP contribution in [-0.4, -0.2) is 12.1 Å². The highest BCUT2D eigenvalue weighted by molar-refractivity contribution is 5.73. The lowest BCUT2D eigenvalue weighted by atomic mass is 9.82. The molecule has 0 unspecified atom stereocenters. The second kappa shape index (κ2) is 12.3. The summed E-state index contributed by atoms with van der Waals surface area (Å²) in [4.78, 5) is 14.9. The third-order valence-corrected chi connectivity index (χ3v) is 5.31. The molecule has 0 saturated carbocycles. The molecule has 0 spiro atoms. The maximum atomic E-state index is 10.6. The average molecular weight is 351 g/mol. The van der Waals surface area contributed by atoms with Crippen molar-refractivity contribution in [3.63, 3.8) is 0 Å². The Bertz CT molecular complexity index is 417. The van der Waals surface area contributed by atoms with E-state index in [9.17, 15) is 4.79 Å². The van der Waals surface area contributed by atoms with E-state index in [0.29, 0.717) is 24.2 Å². The van der Waals surface area contributed by atoms with Crippen LogP contribution in [-0.2, 0) is 4.79 Å². The molecule has 0 fully saturated rings. The first-order valence-corrected chi connectivity index (χ1v) is 10.1. The molecule has 0 radical (unpaired) electrons. The molecule has 0 saturated heterocycles. The third kappa shape index (κ3) is 10.5. The molecule has 1 aliphatic rings. The van der Waals surface area contributed by atoms with Crippen LogP contribution in [0.4, 0.5) is 0 Å². The predicted molar refractivity (Wildman–Crippen MR) is 111 cm³/mol. The van der Waals surface area contributed by atoms with E-state index in [-0.39, 0.29) is 5.91 Å². The molecule has 0 aromatic carbocycles. The number of nitrogens with two attached hydrogens (primary N) is 1. The van der Waals surface area contributed by atoms with Crippen molar-refractivity contribution in [2.24, 2.45) is 46.2 Å². The summed E-state index contributed by atoms with van der Waals surface area (Å²) in [6.45, 7) is 18.0. The van der Waals surface area contributed by atoms with Crippen molar-refractivity contribution in [2.75, 3.05) is 0 Å². The van der Waals surface area contributed by atoms with Gasteiger partial charge in [0.1, 0.15) is 0 Å². The number of amides is 1. The molecule has 0 aromatic heterocycles. The van der Waals surface area contributed by atoms with Crippen LogP contribution in [0.15, 0.2) is 16.8 Å². The number of hydrogen-bond donors (Lipinski definition) is 1. The summed E-state index contributed by atoms with van der Waals surface area (Å²) in [5.41, 5.74) is 6.40. The van der Waals surface area contributed by atoms with Crippen LogP contribution in [0.5, 0.6) is 0 Å². The van der Waals surface area contributed by atoms with Crippen LogP contribution in [0.2, 0.25) is 0 Å². The summed E-state index contributed by atoms with van der Waals surface area (Å²) in [6, 6.07) is 0. The van der Waals surface area contributed by atoms with Crippen LogP contribution in [0.25, 0.3) is 0 Å². The van der Waals surface area contributed by atoms with Gasteiger partial charge >= 0.3 is 0 Å². The molecule has 0 bridgehead atoms. The molecular weight excluding hydrogens is 308 g/mol. The zero-order valence-electron chi connectivity index (χ0n) is 17.9. The molecule has 2 N–H and O–H groups in total. The standard InChI is InChI=1S/C12H21N.C10H21NO/c1-9(2)12(10(3)4)8-11-6-5-7-13-11;1-7(2)9(8(3)4)5-6-10(11)12/h6-7,9-10,12H,5,8H2,1-4H3;7-9H,5-6H2,1-4H3,(H2,11,12). The minimum absolute atomic E-state index is 0.179. The fraction of sp³-hybridized carbons (Fsp3) is 0.818. The van der Waals surface area contributed by atoms with Crippen LogP contribution in [0.3, 0.4) is 0 Å². The number of nitrogens with zero attached hydrogens (tertiary/aromatic N) is 1. The Labute approximate surface area is 156 Å². The zero-order chi connectivity index (χ0) is 19.6. The average Bonchev–Trinajstić information content (AvgIpc) is 2.96. The minimum Gasteiger partial charge on any atom is -0.370 e. The number of primary amides is 1. The van der Waals surface area contributed by atoms with Crippen molar-refractivity contribution in [2.45, 2.75) is 81.1 Å². The molecule has 1 rings (SSSR count). The minimum atomic E-state index is -0.179. The van der Waals surface area contributed by atoms with Gasteiger partial charge < -0.3 is 5.73 Å².